The molecule has 7 bridgehead atoms. The quantitative estimate of drug-likeness (QED) is 0.414. The third kappa shape index (κ3) is 3.21. The SMILES string of the molecule is CCN1C[C@]2(OC(=O)c3ccccc3NC(C)=O)CC[C@H](OC)C34C2CC([C@@H]13)[C@@]1(O)C[C@H](OC)[C@H]2CC4[C@]1(O)[C@H]2OC. The van der Waals surface area contributed by atoms with Crippen molar-refractivity contribution in [2.75, 3.05) is 39.7 Å². The van der Waals surface area contributed by atoms with Gasteiger partial charge >= 0.3 is 5.97 Å². The number of nitrogens with zero attached hydrogens (tertiary/aromatic N) is 1. The van der Waals surface area contributed by atoms with Crippen molar-refractivity contribution in [2.24, 2.45) is 29.1 Å². The van der Waals surface area contributed by atoms with Gasteiger partial charge in [0, 0.05) is 76.3 Å². The summed E-state index contributed by atoms with van der Waals surface area (Å²) < 4.78 is 25.1. The van der Waals surface area contributed by atoms with Crippen molar-refractivity contribution in [1.29, 1.82) is 0 Å². The predicted octanol–water partition coefficient (Wildman–Crippen LogP) is 2.22. The Kier molecular flexibility index (Phi) is 6.46. The van der Waals surface area contributed by atoms with Gasteiger partial charge in [-0.25, -0.2) is 4.79 Å². The van der Waals surface area contributed by atoms with Crippen LogP contribution in [0.4, 0.5) is 5.69 Å². The van der Waals surface area contributed by atoms with E-state index in [9.17, 15) is 19.8 Å². The number of carbonyl (C=O) groups is 2. The molecule has 1 saturated heterocycles. The summed E-state index contributed by atoms with van der Waals surface area (Å²) >= 11 is 0. The number of rotatable bonds is 7. The molecular weight excluding hydrogens is 540 g/mol. The lowest BCUT2D eigenvalue weighted by atomic mass is 9.44. The fourth-order valence-corrected chi connectivity index (χ4v) is 11.6. The second-order valence-electron chi connectivity index (χ2n) is 13.7. The molecule has 12 atom stereocenters. The Hall–Kier alpha value is -2.08. The lowest BCUT2D eigenvalue weighted by Crippen LogP contribution is -2.83. The predicted molar refractivity (Wildman–Crippen MR) is 152 cm³/mol. The molecule has 6 aliphatic rings. The molecule has 1 spiro atoms. The number of carbonyl (C=O) groups excluding carboxylic acids is 2. The molecule has 1 amide bonds. The molecule has 5 saturated carbocycles. The van der Waals surface area contributed by atoms with E-state index in [2.05, 4.69) is 17.1 Å². The molecule has 4 unspecified atom stereocenters. The van der Waals surface area contributed by atoms with Gasteiger partial charge in [-0.15, -0.1) is 0 Å². The third-order valence-corrected chi connectivity index (χ3v) is 12.6. The Morgan fingerprint density at radius 3 is 2.50 bits per heavy atom. The maximum Gasteiger partial charge on any atom is 0.340 e. The van der Waals surface area contributed by atoms with Gasteiger partial charge < -0.3 is 34.5 Å². The summed E-state index contributed by atoms with van der Waals surface area (Å²) in [6.45, 7) is 4.79. The van der Waals surface area contributed by atoms with Crippen LogP contribution in [-0.2, 0) is 23.7 Å². The molecule has 5 aliphatic carbocycles. The first-order valence-corrected chi connectivity index (χ1v) is 15.4. The molecule has 6 fully saturated rings. The molecule has 230 valence electrons. The number of ether oxygens (including phenoxy) is 4. The number of piperidine rings is 1. The molecule has 1 heterocycles. The Labute approximate surface area is 247 Å². The highest BCUT2D eigenvalue weighted by atomic mass is 16.6. The summed E-state index contributed by atoms with van der Waals surface area (Å²) in [5.74, 6) is -1.54. The smallest absolute Gasteiger partial charge is 0.340 e. The minimum Gasteiger partial charge on any atom is -0.454 e. The largest absolute Gasteiger partial charge is 0.454 e. The standard InChI is InChI=1S/C32H44N2O8/c1-6-34-16-29(42-28(36)18-9-7-8-10-21(18)33-17(2)35)12-11-25(40-4)31-23(29)14-20(26(31)34)30(37)15-22(39-3)19-13-24(31)32(30,38)27(19)41-5/h7-10,19-20,22-27,37-38H,6,11-16H2,1-5H3,(H,33,35)/t19-,20?,22+,23?,24?,25+,26-,27+,29-,30+,31?,32+/m1/s1. The van der Waals surface area contributed by atoms with Crippen LogP contribution in [0.15, 0.2) is 24.3 Å². The topological polar surface area (TPSA) is 127 Å². The van der Waals surface area contributed by atoms with Crippen LogP contribution in [0.25, 0.3) is 0 Å². The molecule has 0 aromatic heterocycles. The van der Waals surface area contributed by atoms with Gasteiger partial charge in [0.2, 0.25) is 5.91 Å². The first-order chi connectivity index (χ1) is 20.1. The second kappa shape index (κ2) is 9.46. The third-order valence-electron chi connectivity index (χ3n) is 12.6. The molecule has 3 N–H and O–H groups in total. The fourth-order valence-electron chi connectivity index (χ4n) is 11.6. The second-order valence-corrected chi connectivity index (χ2v) is 13.7. The van der Waals surface area contributed by atoms with Gasteiger partial charge in [-0.3, -0.25) is 9.69 Å². The van der Waals surface area contributed by atoms with Gasteiger partial charge in [0.1, 0.15) is 16.8 Å². The maximum atomic E-state index is 14.0. The zero-order valence-electron chi connectivity index (χ0n) is 25.2. The van der Waals surface area contributed by atoms with E-state index in [1.54, 1.807) is 45.6 Å². The maximum absolute atomic E-state index is 14.0. The van der Waals surface area contributed by atoms with E-state index in [4.69, 9.17) is 18.9 Å². The summed E-state index contributed by atoms with van der Waals surface area (Å²) in [5.41, 5.74) is -3.57. The Balaban J connectivity index is 1.38. The number of fused-ring (bicyclic) bond motifs is 2. The molecule has 1 aromatic rings. The van der Waals surface area contributed by atoms with E-state index in [0.29, 0.717) is 56.4 Å². The number of aliphatic hydroxyl groups is 2. The summed E-state index contributed by atoms with van der Waals surface area (Å²) in [4.78, 5) is 28.3. The minimum absolute atomic E-state index is 0.0432. The van der Waals surface area contributed by atoms with Crippen LogP contribution in [0.5, 0.6) is 0 Å². The monoisotopic (exact) mass is 584 g/mol. The highest BCUT2D eigenvalue weighted by molar-refractivity contribution is 6.00. The van der Waals surface area contributed by atoms with Crippen LogP contribution in [0.3, 0.4) is 0 Å². The van der Waals surface area contributed by atoms with Crippen molar-refractivity contribution >= 4 is 17.6 Å². The number of nitrogens with one attached hydrogen (secondary N) is 1. The number of likely N-dealkylation sites (N-methyl/N-ethyl adjacent to an activating group) is 1. The molecule has 7 rings (SSSR count). The average molecular weight is 585 g/mol. The van der Waals surface area contributed by atoms with Gasteiger partial charge in [-0.1, -0.05) is 19.1 Å². The number of likely N-dealkylation sites (tertiary alicyclic amines) is 1. The zero-order chi connectivity index (χ0) is 29.8. The van der Waals surface area contributed by atoms with Crippen molar-refractivity contribution < 1.29 is 38.7 Å². The lowest BCUT2D eigenvalue weighted by Gasteiger charge is -2.70. The normalized spacial score (nSPS) is 48.2. The zero-order valence-corrected chi connectivity index (χ0v) is 25.2. The molecule has 10 nitrogen and oxygen atoms in total. The summed E-state index contributed by atoms with van der Waals surface area (Å²) in [6, 6.07) is 6.89. The Morgan fingerprint density at radius 1 is 1.07 bits per heavy atom. The van der Waals surface area contributed by atoms with E-state index in [-0.39, 0.29) is 47.8 Å². The van der Waals surface area contributed by atoms with Crippen LogP contribution in [0.1, 0.15) is 56.3 Å². The number of benzene rings is 1. The van der Waals surface area contributed by atoms with E-state index >= 15 is 0 Å². The van der Waals surface area contributed by atoms with Gasteiger partial charge in [-0.2, -0.15) is 0 Å². The van der Waals surface area contributed by atoms with Crippen LogP contribution in [-0.4, -0.2) is 103 Å². The highest BCUT2D eigenvalue weighted by Crippen LogP contribution is 2.79. The van der Waals surface area contributed by atoms with Crippen LogP contribution in [0, 0.1) is 29.1 Å². The van der Waals surface area contributed by atoms with Crippen molar-refractivity contribution in [1.82, 2.24) is 4.90 Å². The Morgan fingerprint density at radius 2 is 1.83 bits per heavy atom. The number of amides is 1. The first-order valence-electron chi connectivity index (χ1n) is 15.4. The van der Waals surface area contributed by atoms with E-state index in [0.717, 1.165) is 0 Å². The van der Waals surface area contributed by atoms with Gasteiger partial charge in [0.15, 0.2) is 0 Å². The summed E-state index contributed by atoms with van der Waals surface area (Å²) in [7, 11) is 5.05. The van der Waals surface area contributed by atoms with Gasteiger partial charge in [0.05, 0.1) is 29.6 Å². The molecular formula is C32H44N2O8. The van der Waals surface area contributed by atoms with Crippen molar-refractivity contribution in [3.05, 3.63) is 29.8 Å². The van der Waals surface area contributed by atoms with Gasteiger partial charge in [0.25, 0.3) is 0 Å². The van der Waals surface area contributed by atoms with E-state index in [1.807, 2.05) is 0 Å². The molecule has 42 heavy (non-hydrogen) atoms. The molecule has 1 aromatic carbocycles. The number of hydrogen-bond donors (Lipinski definition) is 3. The Bertz CT molecular complexity index is 1290. The number of hydrogen-bond acceptors (Lipinski definition) is 9. The lowest BCUT2D eigenvalue weighted by molar-refractivity contribution is -0.337. The van der Waals surface area contributed by atoms with Crippen molar-refractivity contribution in [3.8, 4) is 0 Å². The van der Waals surface area contributed by atoms with Gasteiger partial charge in [-0.05, 0) is 44.4 Å². The van der Waals surface area contributed by atoms with Crippen molar-refractivity contribution in [2.45, 2.75) is 87.1 Å². The van der Waals surface area contributed by atoms with Crippen LogP contribution >= 0.6 is 0 Å². The summed E-state index contributed by atoms with van der Waals surface area (Å²) in [6.07, 6.45) is 1.91. The fraction of sp³-hybridized carbons (Fsp3) is 0.750. The minimum atomic E-state index is -1.48. The molecule has 0 radical (unpaired) electrons. The number of anilines is 1. The number of esters is 1. The van der Waals surface area contributed by atoms with Crippen LogP contribution in [0.2, 0.25) is 0 Å². The van der Waals surface area contributed by atoms with Crippen LogP contribution < -0.4 is 5.32 Å². The highest BCUT2D eigenvalue weighted by Gasteiger charge is 2.89. The van der Waals surface area contributed by atoms with Crippen molar-refractivity contribution in [3.63, 3.8) is 0 Å². The number of methoxy groups -OCH3 is 3. The first kappa shape index (κ1) is 28.7. The van der Waals surface area contributed by atoms with E-state index < -0.39 is 34.3 Å². The average Bonchev–Trinajstić information content (AvgIpc) is 3.39. The molecule has 10 heteroatoms. The van der Waals surface area contributed by atoms with E-state index in [1.165, 1.54) is 6.92 Å². The summed E-state index contributed by atoms with van der Waals surface area (Å²) in [5, 5.41) is 28.4. The number of para-hydroxylation sites is 1. The molecule has 1 aliphatic heterocycles.